The van der Waals surface area contributed by atoms with Crippen LogP contribution in [0.25, 0.3) is 0 Å². The van der Waals surface area contributed by atoms with Gasteiger partial charge in [0.05, 0.1) is 17.7 Å². The van der Waals surface area contributed by atoms with Crippen LogP contribution >= 0.6 is 15.9 Å². The molecule has 19 heavy (non-hydrogen) atoms. The molecule has 100 valence electrons. The van der Waals surface area contributed by atoms with Crippen molar-refractivity contribution in [3.05, 3.63) is 28.2 Å². The van der Waals surface area contributed by atoms with Gasteiger partial charge in [0.25, 0.3) is 11.7 Å². The molecular weight excluding hydrogens is 318 g/mol. The van der Waals surface area contributed by atoms with Crippen molar-refractivity contribution >= 4 is 39.3 Å². The molecule has 0 spiro atoms. The zero-order valence-corrected chi connectivity index (χ0v) is 11.3. The third kappa shape index (κ3) is 2.50. The van der Waals surface area contributed by atoms with Crippen molar-refractivity contribution < 1.29 is 19.2 Å². The fourth-order valence-corrected chi connectivity index (χ4v) is 2.43. The molecule has 0 fully saturated rings. The Balaban J connectivity index is 2.21. The standard InChI is InChI=1S/C11H10BrN3O4/c12-7-3-1-2-6-9(7)15(11(18)10(6)17)5-4-8(16)19-14-13/h1-3,14H,4-5,13H2. The molecule has 0 bridgehead atoms. The van der Waals surface area contributed by atoms with Crippen LogP contribution in [0, 0.1) is 0 Å². The molecule has 0 radical (unpaired) electrons. The molecule has 1 heterocycles. The van der Waals surface area contributed by atoms with Crippen molar-refractivity contribution in [1.82, 2.24) is 5.59 Å². The second-order valence-electron chi connectivity index (χ2n) is 3.76. The normalized spacial score (nSPS) is 13.7. The number of hydrazine groups is 1. The molecule has 2 rings (SSSR count). The molecule has 0 aliphatic carbocycles. The summed E-state index contributed by atoms with van der Waals surface area (Å²) in [6, 6.07) is 4.96. The number of para-hydroxylation sites is 1. The van der Waals surface area contributed by atoms with Crippen molar-refractivity contribution in [1.29, 1.82) is 0 Å². The highest BCUT2D eigenvalue weighted by Crippen LogP contribution is 2.35. The number of ketones is 1. The highest BCUT2D eigenvalue weighted by Gasteiger charge is 2.37. The zero-order valence-electron chi connectivity index (χ0n) is 9.68. The van der Waals surface area contributed by atoms with E-state index in [1.54, 1.807) is 23.8 Å². The Bertz CT molecular complexity index is 561. The van der Waals surface area contributed by atoms with Gasteiger partial charge in [-0.05, 0) is 28.1 Å². The Morgan fingerprint density at radius 1 is 1.42 bits per heavy atom. The SMILES string of the molecule is NNOC(=O)CCN1C(=O)C(=O)c2cccc(Br)c21. The number of nitrogens with zero attached hydrogens (tertiary/aromatic N) is 1. The Labute approximate surface area is 116 Å². The third-order valence-corrected chi connectivity index (χ3v) is 3.29. The molecule has 1 aromatic carbocycles. The van der Waals surface area contributed by atoms with Gasteiger partial charge in [-0.2, -0.15) is 0 Å². The molecule has 1 aliphatic rings. The average Bonchev–Trinajstić information content (AvgIpc) is 2.62. The van der Waals surface area contributed by atoms with E-state index in [9.17, 15) is 14.4 Å². The smallest absolute Gasteiger partial charge is 0.328 e. The summed E-state index contributed by atoms with van der Waals surface area (Å²) >= 11 is 3.29. The number of nitrogens with one attached hydrogen (secondary N) is 1. The molecule has 7 nitrogen and oxygen atoms in total. The number of carbonyl (C=O) groups is 3. The molecule has 1 aromatic rings. The maximum Gasteiger partial charge on any atom is 0.328 e. The summed E-state index contributed by atoms with van der Waals surface area (Å²) in [6.07, 6.45) is -0.0794. The van der Waals surface area contributed by atoms with Gasteiger partial charge in [-0.15, -0.1) is 0 Å². The van der Waals surface area contributed by atoms with E-state index < -0.39 is 17.7 Å². The van der Waals surface area contributed by atoms with Crippen molar-refractivity contribution in [3.63, 3.8) is 0 Å². The van der Waals surface area contributed by atoms with E-state index in [4.69, 9.17) is 5.84 Å². The summed E-state index contributed by atoms with van der Waals surface area (Å²) in [5.74, 6) is 2.97. The van der Waals surface area contributed by atoms with Crippen LogP contribution in [-0.2, 0) is 14.4 Å². The first-order chi connectivity index (χ1) is 9.06. The first kappa shape index (κ1) is 13.7. The van der Waals surface area contributed by atoms with E-state index in [0.717, 1.165) is 0 Å². The van der Waals surface area contributed by atoms with Crippen LogP contribution < -0.4 is 16.3 Å². The van der Waals surface area contributed by atoms with E-state index in [0.29, 0.717) is 15.7 Å². The number of halogens is 1. The van der Waals surface area contributed by atoms with Gasteiger partial charge in [0.2, 0.25) is 0 Å². The maximum absolute atomic E-state index is 11.8. The zero-order chi connectivity index (χ0) is 14.0. The Morgan fingerprint density at radius 2 is 2.16 bits per heavy atom. The van der Waals surface area contributed by atoms with Crippen LogP contribution in [0.3, 0.4) is 0 Å². The maximum atomic E-state index is 11.8. The lowest BCUT2D eigenvalue weighted by Gasteiger charge is -2.16. The molecule has 0 atom stereocenters. The quantitative estimate of drug-likeness (QED) is 0.468. The summed E-state index contributed by atoms with van der Waals surface area (Å²) in [7, 11) is 0. The van der Waals surface area contributed by atoms with Crippen LogP contribution in [-0.4, -0.2) is 24.2 Å². The number of hydrogen-bond acceptors (Lipinski definition) is 6. The topological polar surface area (TPSA) is 102 Å². The van der Waals surface area contributed by atoms with Gasteiger partial charge in [0.15, 0.2) is 0 Å². The van der Waals surface area contributed by atoms with E-state index in [2.05, 4.69) is 20.8 Å². The van der Waals surface area contributed by atoms with Crippen LogP contribution in [0.15, 0.2) is 22.7 Å². The predicted octanol–water partition coefficient (Wildman–Crippen LogP) is 0.290. The van der Waals surface area contributed by atoms with E-state index >= 15 is 0 Å². The van der Waals surface area contributed by atoms with E-state index in [1.165, 1.54) is 4.90 Å². The number of rotatable bonds is 4. The number of hydrogen-bond donors (Lipinski definition) is 2. The second kappa shape index (κ2) is 5.47. The highest BCUT2D eigenvalue weighted by atomic mass is 79.9. The van der Waals surface area contributed by atoms with Crippen molar-refractivity contribution in [2.75, 3.05) is 11.4 Å². The van der Waals surface area contributed by atoms with Crippen molar-refractivity contribution in [2.45, 2.75) is 6.42 Å². The van der Waals surface area contributed by atoms with Gasteiger partial charge in [0, 0.05) is 11.0 Å². The largest absolute Gasteiger partial charge is 0.356 e. The number of nitrogens with two attached hydrogens (primary N) is 1. The first-order valence-corrected chi connectivity index (χ1v) is 6.15. The first-order valence-electron chi connectivity index (χ1n) is 5.36. The minimum absolute atomic E-state index is 0.0424. The lowest BCUT2D eigenvalue weighted by atomic mass is 10.1. The molecule has 8 heteroatoms. The van der Waals surface area contributed by atoms with Crippen LogP contribution in [0.2, 0.25) is 0 Å². The summed E-state index contributed by atoms with van der Waals surface area (Å²) < 4.78 is 0.620. The summed E-state index contributed by atoms with van der Waals surface area (Å²) in [6.45, 7) is 0.0424. The van der Waals surface area contributed by atoms with Gasteiger partial charge >= 0.3 is 5.97 Å². The lowest BCUT2D eigenvalue weighted by molar-refractivity contribution is -0.150. The number of fused-ring (bicyclic) bond motifs is 1. The van der Waals surface area contributed by atoms with Crippen LogP contribution in [0.1, 0.15) is 16.8 Å². The van der Waals surface area contributed by atoms with E-state index in [1.807, 2.05) is 0 Å². The summed E-state index contributed by atoms with van der Waals surface area (Å²) in [4.78, 5) is 40.4. The number of Topliss-reactive ketones (excluding diaryl/α,β-unsaturated/α-hetero) is 1. The van der Waals surface area contributed by atoms with Crippen molar-refractivity contribution in [2.24, 2.45) is 5.84 Å². The Kier molecular flexibility index (Phi) is 3.93. The van der Waals surface area contributed by atoms with Gasteiger partial charge < -0.3 is 9.74 Å². The molecule has 1 aliphatic heterocycles. The summed E-state index contributed by atoms with van der Waals surface area (Å²) in [5.41, 5.74) is 2.57. The molecule has 0 unspecified atom stereocenters. The third-order valence-electron chi connectivity index (χ3n) is 2.65. The Morgan fingerprint density at radius 3 is 2.84 bits per heavy atom. The summed E-state index contributed by atoms with van der Waals surface area (Å²) in [5, 5.41) is 0. The molecule has 3 N–H and O–H groups in total. The van der Waals surface area contributed by atoms with Crippen LogP contribution in [0.5, 0.6) is 0 Å². The fraction of sp³-hybridized carbons (Fsp3) is 0.182. The number of benzene rings is 1. The molecule has 0 saturated carbocycles. The van der Waals surface area contributed by atoms with E-state index in [-0.39, 0.29) is 13.0 Å². The number of carbonyl (C=O) groups excluding carboxylic acids is 3. The number of amides is 1. The Hall–Kier alpha value is -1.77. The van der Waals surface area contributed by atoms with Crippen molar-refractivity contribution in [3.8, 4) is 0 Å². The molecular formula is C11H10BrN3O4. The highest BCUT2D eigenvalue weighted by molar-refractivity contribution is 9.10. The van der Waals surface area contributed by atoms with Gasteiger partial charge in [-0.3, -0.25) is 14.4 Å². The minimum atomic E-state index is -0.657. The molecule has 0 saturated heterocycles. The van der Waals surface area contributed by atoms with Crippen LogP contribution in [0.4, 0.5) is 5.69 Å². The fourth-order valence-electron chi connectivity index (χ4n) is 1.85. The molecule has 0 aromatic heterocycles. The monoisotopic (exact) mass is 327 g/mol. The molecule has 1 amide bonds. The average molecular weight is 328 g/mol. The lowest BCUT2D eigenvalue weighted by Crippen LogP contribution is -2.34. The number of anilines is 1. The van der Waals surface area contributed by atoms with Gasteiger partial charge in [-0.1, -0.05) is 11.7 Å². The predicted molar refractivity (Wildman–Crippen MR) is 68.9 cm³/mol. The van der Waals surface area contributed by atoms with Gasteiger partial charge in [0.1, 0.15) is 0 Å². The second-order valence-corrected chi connectivity index (χ2v) is 4.62. The van der Waals surface area contributed by atoms with Gasteiger partial charge in [-0.25, -0.2) is 5.84 Å². The minimum Gasteiger partial charge on any atom is -0.356 e.